The van der Waals surface area contributed by atoms with Gasteiger partial charge < -0.3 is 10.1 Å². The van der Waals surface area contributed by atoms with Crippen LogP contribution in [0, 0.1) is 5.82 Å². The summed E-state index contributed by atoms with van der Waals surface area (Å²) in [6, 6.07) is 5.52. The molecule has 0 aliphatic carbocycles. The first-order chi connectivity index (χ1) is 12.0. The molecule has 0 spiro atoms. The maximum atomic E-state index is 13.4. The molecule has 2 aromatic rings. The molecule has 0 bridgehead atoms. The molecule has 1 aromatic carbocycles. The number of esters is 1. The zero-order valence-electron chi connectivity index (χ0n) is 14.2. The lowest BCUT2D eigenvalue weighted by Crippen LogP contribution is -2.29. The van der Waals surface area contributed by atoms with Crippen molar-refractivity contribution in [3.05, 3.63) is 46.9 Å². The summed E-state index contributed by atoms with van der Waals surface area (Å²) in [5.74, 6) is 0.627. The lowest BCUT2D eigenvalue weighted by molar-refractivity contribution is -0.139. The number of carbonyl (C=O) groups is 1. The first-order valence-electron chi connectivity index (χ1n) is 8.04. The van der Waals surface area contributed by atoms with Gasteiger partial charge in [-0.25, -0.2) is 13.9 Å². The van der Waals surface area contributed by atoms with E-state index >= 15 is 0 Å². The minimum absolute atomic E-state index is 0.271. The summed E-state index contributed by atoms with van der Waals surface area (Å²) in [4.78, 5) is 17.0. The van der Waals surface area contributed by atoms with Gasteiger partial charge in [0.05, 0.1) is 12.2 Å². The molecule has 132 valence electrons. The van der Waals surface area contributed by atoms with Gasteiger partial charge in [-0.2, -0.15) is 4.98 Å². The number of ether oxygens (including phenoxy) is 1. The SMILES string of the molecule is CCOC(=O)C1=C(C)Nc2nc(SCC)nn2C1c1ccc(F)cc1. The van der Waals surface area contributed by atoms with Gasteiger partial charge in [0, 0.05) is 5.70 Å². The molecule has 1 unspecified atom stereocenters. The van der Waals surface area contributed by atoms with E-state index in [1.54, 1.807) is 30.7 Å². The lowest BCUT2D eigenvalue weighted by Gasteiger charge is -2.28. The Morgan fingerprint density at radius 1 is 1.36 bits per heavy atom. The molecular formula is C17H19FN4O2S. The van der Waals surface area contributed by atoms with Crippen molar-refractivity contribution in [2.75, 3.05) is 17.7 Å². The second-order valence-corrected chi connectivity index (χ2v) is 6.66. The Balaban J connectivity index is 2.12. The molecule has 25 heavy (non-hydrogen) atoms. The zero-order valence-corrected chi connectivity index (χ0v) is 15.1. The molecule has 0 fully saturated rings. The van der Waals surface area contributed by atoms with Gasteiger partial charge in [-0.05, 0) is 37.3 Å². The van der Waals surface area contributed by atoms with Gasteiger partial charge in [0.2, 0.25) is 11.1 Å². The molecule has 1 N–H and O–H groups in total. The fourth-order valence-electron chi connectivity index (χ4n) is 2.75. The van der Waals surface area contributed by atoms with Crippen LogP contribution in [0.1, 0.15) is 32.4 Å². The van der Waals surface area contributed by atoms with Crippen LogP contribution in [0.25, 0.3) is 0 Å². The number of allylic oxidation sites excluding steroid dienone is 1. The Labute approximate surface area is 149 Å². The van der Waals surface area contributed by atoms with Crippen molar-refractivity contribution in [1.82, 2.24) is 14.8 Å². The van der Waals surface area contributed by atoms with Crippen molar-refractivity contribution in [3.63, 3.8) is 0 Å². The molecule has 8 heteroatoms. The molecule has 0 radical (unpaired) electrons. The Morgan fingerprint density at radius 2 is 2.08 bits per heavy atom. The molecule has 1 aliphatic heterocycles. The van der Waals surface area contributed by atoms with Gasteiger partial charge in [0.1, 0.15) is 11.9 Å². The highest BCUT2D eigenvalue weighted by Crippen LogP contribution is 2.36. The predicted molar refractivity (Wildman–Crippen MR) is 93.9 cm³/mol. The molecule has 6 nitrogen and oxygen atoms in total. The van der Waals surface area contributed by atoms with Crippen LogP contribution in [0.4, 0.5) is 10.3 Å². The number of fused-ring (bicyclic) bond motifs is 1. The molecule has 1 aromatic heterocycles. The third kappa shape index (κ3) is 3.39. The molecular weight excluding hydrogens is 343 g/mol. The number of halogens is 1. The normalized spacial score (nSPS) is 16.4. The summed E-state index contributed by atoms with van der Waals surface area (Å²) in [7, 11) is 0. The molecule has 1 atom stereocenters. The Morgan fingerprint density at radius 3 is 2.72 bits per heavy atom. The van der Waals surface area contributed by atoms with Crippen molar-refractivity contribution < 1.29 is 13.9 Å². The number of anilines is 1. The first kappa shape index (κ1) is 17.5. The summed E-state index contributed by atoms with van der Waals surface area (Å²) in [6.45, 7) is 5.84. The third-order valence-electron chi connectivity index (χ3n) is 3.79. The van der Waals surface area contributed by atoms with E-state index in [0.717, 1.165) is 11.3 Å². The van der Waals surface area contributed by atoms with Crippen LogP contribution >= 0.6 is 11.8 Å². The number of carbonyl (C=O) groups excluding carboxylic acids is 1. The standard InChI is InChI=1S/C17H19FN4O2S/c1-4-24-15(23)13-10(3)19-16-20-17(25-5-2)21-22(16)14(13)11-6-8-12(18)9-7-11/h6-9,14H,4-5H2,1-3H3,(H,19,20,21). The molecule has 3 rings (SSSR count). The summed E-state index contributed by atoms with van der Waals surface area (Å²) in [5.41, 5.74) is 1.84. The third-order valence-corrected chi connectivity index (χ3v) is 4.51. The molecule has 2 heterocycles. The maximum Gasteiger partial charge on any atom is 0.338 e. The highest BCUT2D eigenvalue weighted by molar-refractivity contribution is 7.99. The van der Waals surface area contributed by atoms with E-state index in [9.17, 15) is 9.18 Å². The number of aromatic nitrogens is 3. The Kier molecular flexibility index (Phi) is 5.08. The minimum atomic E-state index is -0.519. The minimum Gasteiger partial charge on any atom is -0.463 e. The van der Waals surface area contributed by atoms with E-state index < -0.39 is 12.0 Å². The van der Waals surface area contributed by atoms with Crippen LogP contribution in [0.5, 0.6) is 0 Å². The second kappa shape index (κ2) is 7.26. The van der Waals surface area contributed by atoms with Crippen molar-refractivity contribution in [3.8, 4) is 0 Å². The number of nitrogens with one attached hydrogen (secondary N) is 1. The van der Waals surface area contributed by atoms with Crippen molar-refractivity contribution in [2.24, 2.45) is 0 Å². The number of nitrogens with zero attached hydrogens (tertiary/aromatic N) is 3. The van der Waals surface area contributed by atoms with Crippen molar-refractivity contribution in [1.29, 1.82) is 0 Å². The van der Waals surface area contributed by atoms with Crippen molar-refractivity contribution in [2.45, 2.75) is 32.0 Å². The highest BCUT2D eigenvalue weighted by Gasteiger charge is 2.35. The number of thioether (sulfide) groups is 1. The monoisotopic (exact) mass is 362 g/mol. The largest absolute Gasteiger partial charge is 0.463 e. The maximum absolute atomic E-state index is 13.4. The first-order valence-corrected chi connectivity index (χ1v) is 9.03. The van der Waals surface area contributed by atoms with Gasteiger partial charge in [0.15, 0.2) is 0 Å². The van der Waals surface area contributed by atoms with E-state index in [1.807, 2.05) is 6.92 Å². The summed E-state index contributed by atoms with van der Waals surface area (Å²) < 4.78 is 20.2. The fraction of sp³-hybridized carbons (Fsp3) is 0.353. The van der Waals surface area contributed by atoms with Gasteiger partial charge >= 0.3 is 5.97 Å². The van der Waals surface area contributed by atoms with Gasteiger partial charge in [-0.15, -0.1) is 5.10 Å². The van der Waals surface area contributed by atoms with Crippen molar-refractivity contribution >= 4 is 23.7 Å². The average Bonchev–Trinajstić information content (AvgIpc) is 2.97. The fourth-order valence-corrected chi connectivity index (χ4v) is 3.30. The number of rotatable bonds is 5. The van der Waals surface area contributed by atoms with E-state index in [0.29, 0.717) is 22.4 Å². The van der Waals surface area contributed by atoms with E-state index in [-0.39, 0.29) is 12.4 Å². The number of hydrogen-bond donors (Lipinski definition) is 1. The smallest absolute Gasteiger partial charge is 0.338 e. The number of benzene rings is 1. The van der Waals surface area contributed by atoms with Gasteiger partial charge in [-0.1, -0.05) is 30.8 Å². The average molecular weight is 362 g/mol. The molecule has 1 aliphatic rings. The van der Waals surface area contributed by atoms with E-state index in [4.69, 9.17) is 4.74 Å². The Hall–Kier alpha value is -2.35. The topological polar surface area (TPSA) is 69.0 Å². The van der Waals surface area contributed by atoms with Gasteiger partial charge in [0.25, 0.3) is 0 Å². The molecule has 0 saturated carbocycles. The summed E-state index contributed by atoms with van der Waals surface area (Å²) in [5, 5.41) is 8.26. The summed E-state index contributed by atoms with van der Waals surface area (Å²) in [6.07, 6.45) is 0. The van der Waals surface area contributed by atoms with E-state index in [1.165, 1.54) is 23.9 Å². The summed E-state index contributed by atoms with van der Waals surface area (Å²) >= 11 is 1.51. The molecule has 0 saturated heterocycles. The van der Waals surface area contributed by atoms with Crippen LogP contribution in [0.2, 0.25) is 0 Å². The lowest BCUT2D eigenvalue weighted by atomic mass is 9.96. The van der Waals surface area contributed by atoms with Crippen LogP contribution < -0.4 is 5.32 Å². The number of hydrogen-bond acceptors (Lipinski definition) is 6. The van der Waals surface area contributed by atoms with Crippen LogP contribution in [-0.2, 0) is 9.53 Å². The van der Waals surface area contributed by atoms with Crippen LogP contribution in [0.15, 0.2) is 40.7 Å². The quantitative estimate of drug-likeness (QED) is 0.650. The van der Waals surface area contributed by atoms with Crippen LogP contribution in [0.3, 0.4) is 0 Å². The van der Waals surface area contributed by atoms with Gasteiger partial charge in [-0.3, -0.25) is 0 Å². The Bertz CT molecular complexity index is 817. The highest BCUT2D eigenvalue weighted by atomic mass is 32.2. The van der Waals surface area contributed by atoms with E-state index in [2.05, 4.69) is 15.4 Å². The second-order valence-electron chi connectivity index (χ2n) is 5.43. The predicted octanol–water partition coefficient (Wildman–Crippen LogP) is 3.38. The zero-order chi connectivity index (χ0) is 18.0. The molecule has 0 amide bonds. The van der Waals surface area contributed by atoms with Crippen LogP contribution in [-0.4, -0.2) is 33.1 Å².